The molecule has 2 heterocycles. The van der Waals surface area contributed by atoms with Crippen molar-refractivity contribution in [3.8, 4) is 11.3 Å². The van der Waals surface area contributed by atoms with Gasteiger partial charge in [-0.05, 0) is 32.3 Å². The second kappa shape index (κ2) is 8.57. The Hall–Kier alpha value is -2.34. The number of nitrogens with one attached hydrogen (secondary N) is 1. The molecule has 0 saturated carbocycles. The van der Waals surface area contributed by atoms with Crippen molar-refractivity contribution in [3.63, 3.8) is 0 Å². The zero-order chi connectivity index (χ0) is 19.4. The quantitative estimate of drug-likeness (QED) is 0.846. The Kier molecular flexibility index (Phi) is 6.16. The van der Waals surface area contributed by atoms with Gasteiger partial charge in [-0.3, -0.25) is 9.59 Å². The summed E-state index contributed by atoms with van der Waals surface area (Å²) in [4.78, 5) is 27.0. The number of amides is 2. The lowest BCUT2D eigenvalue weighted by Crippen LogP contribution is -2.43. The third-order valence-corrected chi connectivity index (χ3v) is 5.24. The average molecular weight is 390 g/mol. The average Bonchev–Trinajstić information content (AvgIpc) is 3.07. The molecule has 6 nitrogen and oxygen atoms in total. The predicted octanol–water partition coefficient (Wildman–Crippen LogP) is 3.68. The topological polar surface area (TPSA) is 75.4 Å². The Bertz CT molecular complexity index is 826. The number of benzene rings is 1. The molecular formula is C20H24ClN3O3. The lowest BCUT2D eigenvalue weighted by atomic mass is 9.95. The van der Waals surface area contributed by atoms with Gasteiger partial charge in [-0.2, -0.15) is 0 Å². The van der Waals surface area contributed by atoms with Crippen LogP contribution in [0.3, 0.4) is 0 Å². The number of hydrogen-bond acceptors (Lipinski definition) is 4. The molecular weight excluding hydrogens is 366 g/mol. The van der Waals surface area contributed by atoms with Crippen molar-refractivity contribution < 1.29 is 14.1 Å². The largest absolute Gasteiger partial charge is 0.360 e. The molecule has 2 aromatic rings. The third-order valence-electron chi connectivity index (χ3n) is 4.91. The van der Waals surface area contributed by atoms with Crippen LogP contribution in [-0.2, 0) is 4.79 Å². The normalized spacial score (nSPS) is 15.0. The smallest absolute Gasteiger partial charge is 0.259 e. The van der Waals surface area contributed by atoms with Gasteiger partial charge in [0.25, 0.3) is 5.91 Å². The van der Waals surface area contributed by atoms with Crippen molar-refractivity contribution >= 4 is 23.4 Å². The second-order valence-electron chi connectivity index (χ2n) is 6.80. The van der Waals surface area contributed by atoms with E-state index in [9.17, 15) is 9.59 Å². The number of aryl methyl sites for hydroxylation is 1. The summed E-state index contributed by atoms with van der Waals surface area (Å²) in [6.07, 6.45) is 2.24. The van der Waals surface area contributed by atoms with Gasteiger partial charge in [0.15, 0.2) is 0 Å². The van der Waals surface area contributed by atoms with Gasteiger partial charge in [0, 0.05) is 31.1 Å². The van der Waals surface area contributed by atoms with Gasteiger partial charge in [0.2, 0.25) is 5.91 Å². The van der Waals surface area contributed by atoms with E-state index in [1.807, 2.05) is 25.1 Å². The molecule has 1 N–H and O–H groups in total. The van der Waals surface area contributed by atoms with Crippen molar-refractivity contribution in [2.24, 2.45) is 5.92 Å². The first-order chi connectivity index (χ1) is 13.0. The van der Waals surface area contributed by atoms with Crippen molar-refractivity contribution in [1.29, 1.82) is 0 Å². The first-order valence-corrected chi connectivity index (χ1v) is 9.68. The highest BCUT2D eigenvalue weighted by atomic mass is 35.5. The number of rotatable bonds is 5. The van der Waals surface area contributed by atoms with Crippen molar-refractivity contribution in [1.82, 2.24) is 15.4 Å². The molecule has 0 spiro atoms. The van der Waals surface area contributed by atoms with Crippen LogP contribution in [0.15, 0.2) is 28.8 Å². The van der Waals surface area contributed by atoms with E-state index in [1.54, 1.807) is 17.9 Å². The minimum atomic E-state index is -0.129. The molecule has 0 atom stereocenters. The number of halogens is 1. The van der Waals surface area contributed by atoms with E-state index in [0.29, 0.717) is 60.1 Å². The van der Waals surface area contributed by atoms with Crippen LogP contribution < -0.4 is 5.32 Å². The zero-order valence-electron chi connectivity index (χ0n) is 15.6. The van der Waals surface area contributed by atoms with Gasteiger partial charge < -0.3 is 14.7 Å². The predicted molar refractivity (Wildman–Crippen MR) is 104 cm³/mol. The van der Waals surface area contributed by atoms with Gasteiger partial charge in [0.1, 0.15) is 17.0 Å². The first kappa shape index (κ1) is 19.4. The highest BCUT2D eigenvalue weighted by molar-refractivity contribution is 6.33. The molecule has 0 unspecified atom stereocenters. The van der Waals surface area contributed by atoms with Crippen LogP contribution in [0, 0.1) is 12.8 Å². The van der Waals surface area contributed by atoms with E-state index in [2.05, 4.69) is 10.5 Å². The highest BCUT2D eigenvalue weighted by Crippen LogP contribution is 2.32. The molecule has 0 radical (unpaired) electrons. The maximum Gasteiger partial charge on any atom is 0.259 e. The molecule has 1 aromatic heterocycles. The van der Waals surface area contributed by atoms with Gasteiger partial charge in [-0.25, -0.2) is 0 Å². The van der Waals surface area contributed by atoms with Crippen molar-refractivity contribution in [2.45, 2.75) is 33.1 Å². The number of likely N-dealkylation sites (tertiary alicyclic amines) is 1. The fourth-order valence-electron chi connectivity index (χ4n) is 3.36. The Morgan fingerprint density at radius 1 is 1.30 bits per heavy atom. The molecule has 7 heteroatoms. The molecule has 1 fully saturated rings. The van der Waals surface area contributed by atoms with E-state index < -0.39 is 0 Å². The molecule has 3 rings (SSSR count). The maximum absolute atomic E-state index is 13.1. The van der Waals surface area contributed by atoms with E-state index in [4.69, 9.17) is 16.1 Å². The van der Waals surface area contributed by atoms with Crippen LogP contribution in [0.2, 0.25) is 5.02 Å². The lowest BCUT2D eigenvalue weighted by Gasteiger charge is -2.31. The summed E-state index contributed by atoms with van der Waals surface area (Å²) in [5.41, 5.74) is 1.58. The maximum atomic E-state index is 13.1. The fraction of sp³-hybridized carbons (Fsp3) is 0.450. The Morgan fingerprint density at radius 3 is 2.67 bits per heavy atom. The molecule has 1 aromatic carbocycles. The van der Waals surface area contributed by atoms with Crippen molar-refractivity contribution in [3.05, 3.63) is 40.6 Å². The first-order valence-electron chi connectivity index (χ1n) is 9.31. The Morgan fingerprint density at radius 2 is 2.00 bits per heavy atom. The summed E-state index contributed by atoms with van der Waals surface area (Å²) in [6.45, 7) is 5.52. The summed E-state index contributed by atoms with van der Waals surface area (Å²) in [7, 11) is 0. The van der Waals surface area contributed by atoms with E-state index >= 15 is 0 Å². The van der Waals surface area contributed by atoms with Gasteiger partial charge in [0.05, 0.1) is 5.02 Å². The summed E-state index contributed by atoms with van der Waals surface area (Å²) >= 11 is 6.28. The standard InChI is InChI=1S/C20H24ClN3O3/c1-3-10-22-19(25)14-8-11-24(12-9-14)20(26)17-13(2)27-23-18(17)15-6-4-5-7-16(15)21/h4-7,14H,3,8-12H2,1-2H3,(H,22,25). The monoisotopic (exact) mass is 389 g/mol. The minimum Gasteiger partial charge on any atom is -0.360 e. The number of piperidine rings is 1. The Balaban J connectivity index is 1.74. The number of carbonyl (C=O) groups excluding carboxylic acids is 2. The molecule has 1 aliphatic rings. The van der Waals surface area contributed by atoms with Crippen LogP contribution in [0.5, 0.6) is 0 Å². The number of nitrogens with zero attached hydrogens (tertiary/aromatic N) is 2. The van der Waals surface area contributed by atoms with E-state index in [-0.39, 0.29) is 17.7 Å². The molecule has 144 valence electrons. The summed E-state index contributed by atoms with van der Waals surface area (Å²) in [5, 5.41) is 7.53. The second-order valence-corrected chi connectivity index (χ2v) is 7.21. The molecule has 1 aliphatic heterocycles. The summed E-state index contributed by atoms with van der Waals surface area (Å²) in [5.74, 6) is 0.392. The number of carbonyl (C=O) groups is 2. The highest BCUT2D eigenvalue weighted by Gasteiger charge is 2.31. The van der Waals surface area contributed by atoms with Crippen LogP contribution in [-0.4, -0.2) is 41.5 Å². The van der Waals surface area contributed by atoms with Gasteiger partial charge in [-0.1, -0.05) is 41.9 Å². The summed E-state index contributed by atoms with van der Waals surface area (Å²) < 4.78 is 5.30. The van der Waals surface area contributed by atoms with Crippen molar-refractivity contribution in [2.75, 3.05) is 19.6 Å². The lowest BCUT2D eigenvalue weighted by molar-refractivity contribution is -0.126. The van der Waals surface area contributed by atoms with Gasteiger partial charge >= 0.3 is 0 Å². The van der Waals surface area contributed by atoms with Crippen LogP contribution in [0.1, 0.15) is 42.3 Å². The SMILES string of the molecule is CCCNC(=O)C1CCN(C(=O)c2c(-c3ccccc3Cl)noc2C)CC1. The molecule has 1 saturated heterocycles. The van der Waals surface area contributed by atoms with Gasteiger partial charge in [-0.15, -0.1) is 0 Å². The van der Waals surface area contributed by atoms with Crippen LogP contribution >= 0.6 is 11.6 Å². The third kappa shape index (κ3) is 4.16. The minimum absolute atomic E-state index is 0.0350. The molecule has 0 bridgehead atoms. The summed E-state index contributed by atoms with van der Waals surface area (Å²) in [6, 6.07) is 7.25. The molecule has 0 aliphatic carbocycles. The fourth-order valence-corrected chi connectivity index (χ4v) is 3.58. The molecule has 2 amide bonds. The van der Waals surface area contributed by atoms with E-state index in [0.717, 1.165) is 6.42 Å². The zero-order valence-corrected chi connectivity index (χ0v) is 16.4. The Labute approximate surface area is 163 Å². The van der Waals surface area contributed by atoms with Crippen LogP contribution in [0.4, 0.5) is 0 Å². The molecule has 27 heavy (non-hydrogen) atoms. The van der Waals surface area contributed by atoms with Crippen LogP contribution in [0.25, 0.3) is 11.3 Å². The van der Waals surface area contributed by atoms with E-state index in [1.165, 1.54) is 0 Å². The number of aromatic nitrogens is 1. The number of hydrogen-bond donors (Lipinski definition) is 1.